The van der Waals surface area contributed by atoms with Gasteiger partial charge in [0.1, 0.15) is 5.65 Å². The second-order valence-corrected chi connectivity index (χ2v) is 5.57. The topological polar surface area (TPSA) is 79.3 Å². The summed E-state index contributed by atoms with van der Waals surface area (Å²) in [6.45, 7) is 4.02. The number of rotatable bonds is 5. The zero-order valence-electron chi connectivity index (χ0n) is 13.6. The molecular formula is C18H18N4O2. The van der Waals surface area contributed by atoms with Crippen LogP contribution in [0.3, 0.4) is 0 Å². The number of aromatic nitrogens is 2. The Labute approximate surface area is 139 Å². The molecule has 6 heteroatoms. The van der Waals surface area contributed by atoms with Gasteiger partial charge in [0.25, 0.3) is 0 Å². The van der Waals surface area contributed by atoms with Crippen LogP contribution in [0.25, 0.3) is 5.65 Å². The van der Waals surface area contributed by atoms with Crippen LogP contribution in [0.15, 0.2) is 52.8 Å². The molecule has 0 bridgehead atoms. The molecule has 2 heterocycles. The second-order valence-electron chi connectivity index (χ2n) is 5.57. The summed E-state index contributed by atoms with van der Waals surface area (Å²) in [7, 11) is 0. The molecular weight excluding hydrogens is 304 g/mol. The molecule has 0 saturated carbocycles. The van der Waals surface area contributed by atoms with Crippen molar-refractivity contribution < 1.29 is 9.90 Å². The van der Waals surface area contributed by atoms with Gasteiger partial charge in [-0.15, -0.1) is 10.2 Å². The molecule has 0 aliphatic rings. The lowest BCUT2D eigenvalue weighted by Gasteiger charge is -2.01. The van der Waals surface area contributed by atoms with Gasteiger partial charge in [-0.05, 0) is 42.7 Å². The van der Waals surface area contributed by atoms with Gasteiger partial charge in [0, 0.05) is 6.20 Å². The number of hydrogen-bond donors (Lipinski definition) is 1. The number of carboxylic acid groups (broad SMARTS) is 1. The number of imidazole rings is 1. The number of benzene rings is 1. The minimum absolute atomic E-state index is 0.190. The molecule has 0 amide bonds. The van der Waals surface area contributed by atoms with Crippen molar-refractivity contribution in [3.8, 4) is 0 Å². The molecule has 0 atom stereocenters. The molecule has 0 radical (unpaired) electrons. The van der Waals surface area contributed by atoms with Gasteiger partial charge in [0.15, 0.2) is 5.82 Å². The van der Waals surface area contributed by atoms with E-state index >= 15 is 0 Å². The zero-order valence-corrected chi connectivity index (χ0v) is 13.6. The van der Waals surface area contributed by atoms with Crippen LogP contribution in [0.5, 0.6) is 0 Å². The predicted octanol–water partition coefficient (Wildman–Crippen LogP) is 4.25. The summed E-state index contributed by atoms with van der Waals surface area (Å²) in [5.41, 5.74) is 4.00. The molecule has 122 valence electrons. The van der Waals surface area contributed by atoms with E-state index in [9.17, 15) is 4.79 Å². The van der Waals surface area contributed by atoms with Crippen LogP contribution < -0.4 is 0 Å². The predicted molar refractivity (Wildman–Crippen MR) is 91.3 cm³/mol. The van der Waals surface area contributed by atoms with Crippen LogP contribution >= 0.6 is 0 Å². The van der Waals surface area contributed by atoms with E-state index in [1.165, 1.54) is 0 Å². The first-order chi connectivity index (χ1) is 11.6. The van der Waals surface area contributed by atoms with Gasteiger partial charge in [0.05, 0.1) is 17.8 Å². The molecule has 0 saturated heterocycles. The van der Waals surface area contributed by atoms with Gasteiger partial charge in [-0.1, -0.05) is 25.1 Å². The van der Waals surface area contributed by atoms with E-state index in [4.69, 9.17) is 5.11 Å². The molecule has 24 heavy (non-hydrogen) atoms. The molecule has 0 aliphatic heterocycles. The Morgan fingerprint density at radius 3 is 2.79 bits per heavy atom. The van der Waals surface area contributed by atoms with Crippen molar-refractivity contribution in [2.24, 2.45) is 10.2 Å². The molecule has 1 aromatic carbocycles. The highest BCUT2D eigenvalue weighted by atomic mass is 16.4. The van der Waals surface area contributed by atoms with E-state index in [2.05, 4.69) is 22.1 Å². The van der Waals surface area contributed by atoms with E-state index in [0.29, 0.717) is 17.2 Å². The average Bonchev–Trinajstić information content (AvgIpc) is 2.88. The van der Waals surface area contributed by atoms with Gasteiger partial charge in [-0.25, -0.2) is 4.98 Å². The van der Waals surface area contributed by atoms with E-state index in [0.717, 1.165) is 23.2 Å². The van der Waals surface area contributed by atoms with Crippen LogP contribution in [-0.2, 0) is 17.6 Å². The lowest BCUT2D eigenvalue weighted by atomic mass is 10.1. The van der Waals surface area contributed by atoms with Crippen molar-refractivity contribution in [3.63, 3.8) is 0 Å². The highest BCUT2D eigenvalue weighted by Gasteiger charge is 2.15. The largest absolute Gasteiger partial charge is 0.481 e. The molecule has 0 unspecified atom stereocenters. The summed E-state index contributed by atoms with van der Waals surface area (Å²) < 4.78 is 1.77. The number of hydrogen-bond acceptors (Lipinski definition) is 4. The number of carbonyl (C=O) groups is 1. The molecule has 0 aliphatic carbocycles. The quantitative estimate of drug-likeness (QED) is 0.713. The number of pyridine rings is 1. The van der Waals surface area contributed by atoms with E-state index in [-0.39, 0.29) is 6.42 Å². The fourth-order valence-corrected chi connectivity index (χ4v) is 2.56. The Kier molecular flexibility index (Phi) is 4.37. The van der Waals surface area contributed by atoms with Crippen LogP contribution in [0, 0.1) is 6.92 Å². The van der Waals surface area contributed by atoms with Crippen molar-refractivity contribution in [3.05, 3.63) is 59.4 Å². The van der Waals surface area contributed by atoms with Gasteiger partial charge in [0.2, 0.25) is 0 Å². The fraction of sp³-hybridized carbons (Fsp3) is 0.222. The molecule has 0 fully saturated rings. The Bertz CT molecular complexity index is 928. The van der Waals surface area contributed by atoms with Crippen LogP contribution in [0.4, 0.5) is 11.5 Å². The van der Waals surface area contributed by atoms with E-state index in [1.54, 1.807) is 4.40 Å². The normalized spacial score (nSPS) is 11.4. The molecule has 0 spiro atoms. The minimum atomic E-state index is -0.944. The number of fused-ring (bicyclic) bond motifs is 1. The maximum atomic E-state index is 11.1. The highest BCUT2D eigenvalue weighted by molar-refractivity contribution is 5.72. The van der Waals surface area contributed by atoms with Crippen LogP contribution in [0.1, 0.15) is 23.7 Å². The molecule has 3 rings (SSSR count). The van der Waals surface area contributed by atoms with Crippen molar-refractivity contribution in [2.45, 2.75) is 26.7 Å². The van der Waals surface area contributed by atoms with E-state index < -0.39 is 5.97 Å². The van der Waals surface area contributed by atoms with E-state index in [1.807, 2.05) is 49.5 Å². The van der Waals surface area contributed by atoms with Gasteiger partial charge in [-0.2, -0.15) is 0 Å². The third kappa shape index (κ3) is 3.17. The van der Waals surface area contributed by atoms with Crippen molar-refractivity contribution in [1.82, 2.24) is 9.38 Å². The lowest BCUT2D eigenvalue weighted by molar-refractivity contribution is -0.136. The molecule has 6 nitrogen and oxygen atoms in total. The first-order valence-corrected chi connectivity index (χ1v) is 7.77. The van der Waals surface area contributed by atoms with Crippen LogP contribution in [0.2, 0.25) is 0 Å². The first kappa shape index (κ1) is 15.9. The zero-order chi connectivity index (χ0) is 17.1. The summed E-state index contributed by atoms with van der Waals surface area (Å²) in [4.78, 5) is 15.5. The average molecular weight is 322 g/mol. The number of aliphatic carboxylic acids is 1. The third-order valence-corrected chi connectivity index (χ3v) is 3.77. The smallest absolute Gasteiger partial charge is 0.309 e. The minimum Gasteiger partial charge on any atom is -0.481 e. The molecule has 3 aromatic rings. The maximum Gasteiger partial charge on any atom is 0.309 e. The van der Waals surface area contributed by atoms with Crippen LogP contribution in [-0.4, -0.2) is 20.5 Å². The highest BCUT2D eigenvalue weighted by Crippen LogP contribution is 2.27. The SMILES string of the molecule is CCc1ccccc1N=Nc1c(CC(=O)O)nc2cc(C)ccn12. The summed E-state index contributed by atoms with van der Waals surface area (Å²) in [6.07, 6.45) is 2.50. The van der Waals surface area contributed by atoms with Gasteiger partial charge in [-0.3, -0.25) is 9.20 Å². The number of aryl methyl sites for hydroxylation is 2. The fourth-order valence-electron chi connectivity index (χ4n) is 2.56. The number of carboxylic acids is 1. The molecule has 2 aromatic heterocycles. The summed E-state index contributed by atoms with van der Waals surface area (Å²) >= 11 is 0. The number of nitrogens with zero attached hydrogens (tertiary/aromatic N) is 4. The van der Waals surface area contributed by atoms with Crippen molar-refractivity contribution in [1.29, 1.82) is 0 Å². The summed E-state index contributed by atoms with van der Waals surface area (Å²) in [6, 6.07) is 11.6. The van der Waals surface area contributed by atoms with Gasteiger partial charge < -0.3 is 5.11 Å². The Morgan fingerprint density at radius 1 is 1.25 bits per heavy atom. The second kappa shape index (κ2) is 6.62. The Balaban J connectivity index is 2.09. The van der Waals surface area contributed by atoms with Crippen molar-refractivity contribution in [2.75, 3.05) is 0 Å². The summed E-state index contributed by atoms with van der Waals surface area (Å²) in [5.74, 6) is -0.487. The number of azo groups is 1. The lowest BCUT2D eigenvalue weighted by Crippen LogP contribution is -2.00. The Morgan fingerprint density at radius 2 is 2.04 bits per heavy atom. The summed E-state index contributed by atoms with van der Waals surface area (Å²) in [5, 5.41) is 17.8. The third-order valence-electron chi connectivity index (χ3n) is 3.77. The monoisotopic (exact) mass is 322 g/mol. The maximum absolute atomic E-state index is 11.1. The Hall–Kier alpha value is -3.02. The van der Waals surface area contributed by atoms with Gasteiger partial charge >= 0.3 is 5.97 Å². The van der Waals surface area contributed by atoms with Crippen molar-refractivity contribution >= 4 is 23.1 Å². The standard InChI is InChI=1S/C18H18N4O2/c1-3-13-6-4-5-7-14(13)20-21-18-15(11-17(23)24)19-16-10-12(2)8-9-22(16)18/h4-10H,3,11H2,1-2H3,(H,23,24). The molecule has 1 N–H and O–H groups in total. The first-order valence-electron chi connectivity index (χ1n) is 7.77.